The first-order valence-electron chi connectivity index (χ1n) is 4.93. The highest BCUT2D eigenvalue weighted by atomic mass is 16.5. The lowest BCUT2D eigenvalue weighted by Gasteiger charge is -2.24. The minimum Gasteiger partial charge on any atom is -0.399 e. The van der Waals surface area contributed by atoms with Crippen LogP contribution < -0.4 is 5.73 Å². The van der Waals surface area contributed by atoms with Crippen LogP contribution >= 0.6 is 0 Å². The van der Waals surface area contributed by atoms with Gasteiger partial charge >= 0.3 is 0 Å². The molecule has 1 aliphatic rings. The van der Waals surface area contributed by atoms with Crippen LogP contribution in [0.25, 0.3) is 0 Å². The molecule has 2 rings (SSSR count). The second kappa shape index (κ2) is 2.51. The SMILES string of the molecule is CC1(C)OC(C)(C)c2cc(N)ccc21. The van der Waals surface area contributed by atoms with E-state index in [9.17, 15) is 0 Å². The van der Waals surface area contributed by atoms with E-state index < -0.39 is 0 Å². The topological polar surface area (TPSA) is 35.2 Å². The molecule has 1 aromatic carbocycles. The summed E-state index contributed by atoms with van der Waals surface area (Å²) in [7, 11) is 0. The second-order valence-electron chi connectivity index (χ2n) is 4.93. The Labute approximate surface area is 85.1 Å². The van der Waals surface area contributed by atoms with Gasteiger partial charge < -0.3 is 10.5 Å². The van der Waals surface area contributed by atoms with E-state index in [4.69, 9.17) is 10.5 Å². The molecule has 76 valence electrons. The Bertz CT molecular complexity index is 380. The van der Waals surface area contributed by atoms with Crippen LogP contribution in [0.4, 0.5) is 5.69 Å². The first-order valence-corrected chi connectivity index (χ1v) is 4.93. The van der Waals surface area contributed by atoms with Crippen LogP contribution in [0.5, 0.6) is 0 Å². The molecule has 0 amide bonds. The summed E-state index contributed by atoms with van der Waals surface area (Å²) in [5, 5.41) is 0. The van der Waals surface area contributed by atoms with Crippen molar-refractivity contribution in [3.63, 3.8) is 0 Å². The lowest BCUT2D eigenvalue weighted by Crippen LogP contribution is -2.22. The first-order chi connectivity index (χ1) is 6.33. The Morgan fingerprint density at radius 3 is 2.21 bits per heavy atom. The zero-order valence-electron chi connectivity index (χ0n) is 9.22. The number of rotatable bonds is 0. The number of nitrogens with two attached hydrogens (primary N) is 1. The third-order valence-corrected chi connectivity index (χ3v) is 2.85. The van der Waals surface area contributed by atoms with Crippen molar-refractivity contribution in [3.8, 4) is 0 Å². The molecular weight excluding hydrogens is 174 g/mol. The van der Waals surface area contributed by atoms with Crippen molar-refractivity contribution in [2.45, 2.75) is 38.9 Å². The molecular formula is C12H17NO. The van der Waals surface area contributed by atoms with Crippen LogP contribution in [0.15, 0.2) is 18.2 Å². The second-order valence-corrected chi connectivity index (χ2v) is 4.93. The summed E-state index contributed by atoms with van der Waals surface area (Å²) in [6.07, 6.45) is 0. The van der Waals surface area contributed by atoms with Gasteiger partial charge in [-0.05, 0) is 51.0 Å². The van der Waals surface area contributed by atoms with E-state index in [0.717, 1.165) is 5.69 Å². The van der Waals surface area contributed by atoms with Gasteiger partial charge in [-0.15, -0.1) is 0 Å². The Morgan fingerprint density at radius 1 is 1.00 bits per heavy atom. The molecule has 0 saturated heterocycles. The number of nitrogen functional groups attached to an aromatic ring is 1. The minimum atomic E-state index is -0.228. The Hall–Kier alpha value is -1.02. The monoisotopic (exact) mass is 191 g/mol. The molecule has 1 aliphatic heterocycles. The smallest absolute Gasteiger partial charge is 0.0891 e. The Balaban J connectivity index is 2.66. The van der Waals surface area contributed by atoms with Gasteiger partial charge in [0.1, 0.15) is 0 Å². The normalized spacial score (nSPS) is 22.0. The third kappa shape index (κ3) is 1.22. The molecule has 0 saturated carbocycles. The van der Waals surface area contributed by atoms with Crippen LogP contribution in [-0.2, 0) is 15.9 Å². The average molecular weight is 191 g/mol. The van der Waals surface area contributed by atoms with Gasteiger partial charge in [-0.3, -0.25) is 0 Å². The van der Waals surface area contributed by atoms with Crippen molar-refractivity contribution in [2.75, 3.05) is 5.73 Å². The summed E-state index contributed by atoms with van der Waals surface area (Å²) in [4.78, 5) is 0. The molecule has 0 spiro atoms. The van der Waals surface area contributed by atoms with E-state index in [2.05, 4.69) is 33.8 Å². The predicted octanol–water partition coefficient (Wildman–Crippen LogP) is 2.77. The molecule has 0 radical (unpaired) electrons. The van der Waals surface area contributed by atoms with Crippen LogP contribution in [0.1, 0.15) is 38.8 Å². The highest BCUT2D eigenvalue weighted by molar-refractivity contribution is 5.50. The Kier molecular flexibility index (Phi) is 1.71. The van der Waals surface area contributed by atoms with E-state index in [1.54, 1.807) is 0 Å². The fourth-order valence-corrected chi connectivity index (χ4v) is 2.33. The van der Waals surface area contributed by atoms with Crippen molar-refractivity contribution in [3.05, 3.63) is 29.3 Å². The molecule has 14 heavy (non-hydrogen) atoms. The van der Waals surface area contributed by atoms with Crippen LogP contribution in [0.3, 0.4) is 0 Å². The number of hydrogen-bond donors (Lipinski definition) is 1. The molecule has 0 unspecified atom stereocenters. The molecule has 0 fully saturated rings. The molecule has 2 N–H and O–H groups in total. The quantitative estimate of drug-likeness (QED) is 0.640. The van der Waals surface area contributed by atoms with Crippen LogP contribution in [-0.4, -0.2) is 0 Å². The van der Waals surface area contributed by atoms with Crippen LogP contribution in [0.2, 0.25) is 0 Å². The molecule has 2 heteroatoms. The number of anilines is 1. The van der Waals surface area contributed by atoms with Gasteiger partial charge in [-0.1, -0.05) is 6.07 Å². The zero-order valence-corrected chi connectivity index (χ0v) is 9.22. The number of fused-ring (bicyclic) bond motifs is 1. The summed E-state index contributed by atoms with van der Waals surface area (Å²) < 4.78 is 6.01. The maximum absolute atomic E-state index is 6.01. The summed E-state index contributed by atoms with van der Waals surface area (Å²) in [6, 6.07) is 6.02. The highest BCUT2D eigenvalue weighted by Gasteiger charge is 2.42. The number of benzene rings is 1. The van der Waals surface area contributed by atoms with Crippen molar-refractivity contribution in [1.29, 1.82) is 0 Å². The standard InChI is InChI=1S/C12H17NO/c1-11(2)9-6-5-8(13)7-10(9)12(3,4)14-11/h5-7H,13H2,1-4H3. The highest BCUT2D eigenvalue weighted by Crippen LogP contribution is 2.46. The lowest BCUT2D eigenvalue weighted by atomic mass is 9.90. The minimum absolute atomic E-state index is 0.202. The zero-order chi connectivity index (χ0) is 10.6. The summed E-state index contributed by atoms with van der Waals surface area (Å²) >= 11 is 0. The van der Waals surface area contributed by atoms with Gasteiger partial charge in [0, 0.05) is 5.69 Å². The summed E-state index contributed by atoms with van der Waals surface area (Å²) in [5.41, 5.74) is 8.62. The van der Waals surface area contributed by atoms with Gasteiger partial charge in [0.15, 0.2) is 0 Å². The summed E-state index contributed by atoms with van der Waals surface area (Å²) in [6.45, 7) is 8.35. The van der Waals surface area contributed by atoms with Gasteiger partial charge in [-0.25, -0.2) is 0 Å². The van der Waals surface area contributed by atoms with E-state index in [1.165, 1.54) is 11.1 Å². The van der Waals surface area contributed by atoms with Crippen LogP contribution in [0, 0.1) is 0 Å². The molecule has 0 bridgehead atoms. The Morgan fingerprint density at radius 2 is 1.57 bits per heavy atom. The van der Waals surface area contributed by atoms with E-state index in [1.807, 2.05) is 12.1 Å². The molecule has 1 aromatic rings. The van der Waals surface area contributed by atoms with Gasteiger partial charge in [0.05, 0.1) is 11.2 Å². The predicted molar refractivity (Wildman–Crippen MR) is 58.0 cm³/mol. The molecule has 0 aromatic heterocycles. The lowest BCUT2D eigenvalue weighted by molar-refractivity contribution is -0.105. The third-order valence-electron chi connectivity index (χ3n) is 2.85. The van der Waals surface area contributed by atoms with Crippen molar-refractivity contribution in [1.82, 2.24) is 0 Å². The fraction of sp³-hybridized carbons (Fsp3) is 0.500. The van der Waals surface area contributed by atoms with E-state index in [0.29, 0.717) is 0 Å². The van der Waals surface area contributed by atoms with Crippen molar-refractivity contribution < 1.29 is 4.74 Å². The largest absolute Gasteiger partial charge is 0.399 e. The molecule has 0 atom stereocenters. The average Bonchev–Trinajstić information content (AvgIpc) is 2.17. The first kappa shape index (κ1) is 9.53. The molecule has 2 nitrogen and oxygen atoms in total. The van der Waals surface area contributed by atoms with Crippen molar-refractivity contribution in [2.24, 2.45) is 0 Å². The van der Waals surface area contributed by atoms with Gasteiger partial charge in [0.2, 0.25) is 0 Å². The molecule has 1 heterocycles. The maximum atomic E-state index is 6.01. The maximum Gasteiger partial charge on any atom is 0.0891 e. The summed E-state index contributed by atoms with van der Waals surface area (Å²) in [5.74, 6) is 0. The van der Waals surface area contributed by atoms with Gasteiger partial charge in [-0.2, -0.15) is 0 Å². The van der Waals surface area contributed by atoms with Crippen molar-refractivity contribution >= 4 is 5.69 Å². The molecule has 0 aliphatic carbocycles. The number of hydrogen-bond acceptors (Lipinski definition) is 2. The van der Waals surface area contributed by atoms with E-state index >= 15 is 0 Å². The van der Waals surface area contributed by atoms with E-state index in [-0.39, 0.29) is 11.2 Å². The fourth-order valence-electron chi connectivity index (χ4n) is 2.33. The van der Waals surface area contributed by atoms with Gasteiger partial charge in [0.25, 0.3) is 0 Å². The number of ether oxygens (including phenoxy) is 1.